The SMILES string of the molecule is CC(C)(N)COC(=O)NC(C)(C)C. The van der Waals surface area contributed by atoms with Crippen LogP contribution in [0.1, 0.15) is 34.6 Å². The van der Waals surface area contributed by atoms with Gasteiger partial charge in [0, 0.05) is 11.1 Å². The van der Waals surface area contributed by atoms with Gasteiger partial charge >= 0.3 is 6.09 Å². The van der Waals surface area contributed by atoms with Gasteiger partial charge in [-0.3, -0.25) is 0 Å². The summed E-state index contributed by atoms with van der Waals surface area (Å²) in [7, 11) is 0. The highest BCUT2D eigenvalue weighted by Gasteiger charge is 2.17. The average molecular weight is 188 g/mol. The van der Waals surface area contributed by atoms with E-state index >= 15 is 0 Å². The Hall–Kier alpha value is -0.770. The summed E-state index contributed by atoms with van der Waals surface area (Å²) >= 11 is 0. The Morgan fingerprint density at radius 1 is 1.31 bits per heavy atom. The molecule has 0 bridgehead atoms. The fourth-order valence-corrected chi connectivity index (χ4v) is 0.594. The van der Waals surface area contributed by atoms with Gasteiger partial charge in [-0.1, -0.05) is 0 Å². The lowest BCUT2D eigenvalue weighted by molar-refractivity contribution is 0.117. The molecular formula is C9H20N2O2. The van der Waals surface area contributed by atoms with Crippen molar-refractivity contribution in [3.05, 3.63) is 0 Å². The van der Waals surface area contributed by atoms with Gasteiger partial charge in [0.1, 0.15) is 6.61 Å². The molecule has 0 rings (SSSR count). The van der Waals surface area contributed by atoms with Crippen molar-refractivity contribution in [2.75, 3.05) is 6.61 Å². The molecule has 0 saturated heterocycles. The molecule has 0 aliphatic heterocycles. The molecular weight excluding hydrogens is 168 g/mol. The van der Waals surface area contributed by atoms with Crippen molar-refractivity contribution in [3.63, 3.8) is 0 Å². The summed E-state index contributed by atoms with van der Waals surface area (Å²) in [5, 5.41) is 2.68. The van der Waals surface area contributed by atoms with Crippen LogP contribution in [-0.2, 0) is 4.74 Å². The standard InChI is InChI=1S/C9H20N2O2/c1-8(2,3)11-7(12)13-6-9(4,5)10/h6,10H2,1-5H3,(H,11,12). The molecule has 0 radical (unpaired) electrons. The Kier molecular flexibility index (Phi) is 3.72. The Labute approximate surface area is 79.8 Å². The number of ether oxygens (including phenoxy) is 1. The zero-order chi connectivity index (χ0) is 10.7. The molecule has 0 aromatic heterocycles. The average Bonchev–Trinajstić information content (AvgIpc) is 1.78. The molecule has 0 fully saturated rings. The van der Waals surface area contributed by atoms with Crippen molar-refractivity contribution in [1.82, 2.24) is 5.32 Å². The zero-order valence-electron chi connectivity index (χ0n) is 9.10. The number of hydrogen-bond acceptors (Lipinski definition) is 3. The number of nitrogens with one attached hydrogen (secondary N) is 1. The Morgan fingerprint density at radius 2 is 1.77 bits per heavy atom. The second-order valence-corrected chi connectivity index (χ2v) is 4.94. The van der Waals surface area contributed by atoms with Crippen LogP contribution < -0.4 is 11.1 Å². The summed E-state index contributed by atoms with van der Waals surface area (Å²) < 4.78 is 4.91. The van der Waals surface area contributed by atoms with Crippen molar-refractivity contribution in [1.29, 1.82) is 0 Å². The molecule has 0 aromatic carbocycles. The molecule has 1 amide bonds. The summed E-state index contributed by atoms with van der Waals surface area (Å²) in [5.74, 6) is 0. The minimum atomic E-state index is -0.477. The van der Waals surface area contributed by atoms with Crippen LogP contribution in [-0.4, -0.2) is 23.8 Å². The zero-order valence-corrected chi connectivity index (χ0v) is 9.10. The van der Waals surface area contributed by atoms with Crippen molar-refractivity contribution in [3.8, 4) is 0 Å². The molecule has 0 aromatic rings. The molecule has 4 nitrogen and oxygen atoms in total. The van der Waals surface area contributed by atoms with Gasteiger partial charge in [-0.15, -0.1) is 0 Å². The fourth-order valence-electron chi connectivity index (χ4n) is 0.594. The van der Waals surface area contributed by atoms with E-state index in [1.54, 1.807) is 13.8 Å². The predicted octanol–water partition coefficient (Wildman–Crippen LogP) is 1.25. The normalized spacial score (nSPS) is 12.5. The number of alkyl carbamates (subject to hydrolysis) is 1. The van der Waals surface area contributed by atoms with Gasteiger partial charge in [0.15, 0.2) is 0 Å². The summed E-state index contributed by atoms with van der Waals surface area (Å²) in [6.45, 7) is 9.50. The Balaban J connectivity index is 3.78. The second kappa shape index (κ2) is 3.96. The number of carbonyl (C=O) groups excluding carboxylic acids is 1. The number of rotatable bonds is 2. The Bertz CT molecular complexity index is 177. The third-order valence-electron chi connectivity index (χ3n) is 1.05. The van der Waals surface area contributed by atoms with Crippen LogP contribution in [0.2, 0.25) is 0 Å². The van der Waals surface area contributed by atoms with E-state index in [9.17, 15) is 4.79 Å². The maximum absolute atomic E-state index is 11.1. The molecule has 4 heteroatoms. The minimum Gasteiger partial charge on any atom is -0.448 e. The largest absolute Gasteiger partial charge is 0.448 e. The van der Waals surface area contributed by atoms with E-state index in [2.05, 4.69) is 5.32 Å². The third-order valence-corrected chi connectivity index (χ3v) is 1.05. The molecule has 78 valence electrons. The van der Waals surface area contributed by atoms with Gasteiger partial charge in [-0.2, -0.15) is 0 Å². The highest BCUT2D eigenvalue weighted by Crippen LogP contribution is 2.01. The first-order chi connectivity index (χ1) is 5.60. The lowest BCUT2D eigenvalue weighted by Crippen LogP contribution is -2.44. The summed E-state index contributed by atoms with van der Waals surface area (Å²) in [6.07, 6.45) is -0.425. The summed E-state index contributed by atoms with van der Waals surface area (Å²) in [4.78, 5) is 11.1. The molecule has 3 N–H and O–H groups in total. The van der Waals surface area contributed by atoms with Gasteiger partial charge < -0.3 is 15.8 Å². The maximum atomic E-state index is 11.1. The minimum absolute atomic E-state index is 0.217. The molecule has 0 saturated carbocycles. The van der Waals surface area contributed by atoms with Gasteiger partial charge in [0.25, 0.3) is 0 Å². The first kappa shape index (κ1) is 12.2. The lowest BCUT2D eigenvalue weighted by atomic mass is 10.1. The van der Waals surface area contributed by atoms with Gasteiger partial charge in [-0.05, 0) is 34.6 Å². The van der Waals surface area contributed by atoms with E-state index in [1.807, 2.05) is 20.8 Å². The quantitative estimate of drug-likeness (QED) is 0.685. The van der Waals surface area contributed by atoms with Gasteiger partial charge in [0.05, 0.1) is 0 Å². The van der Waals surface area contributed by atoms with Gasteiger partial charge in [-0.25, -0.2) is 4.79 Å². The number of hydrogen-bond donors (Lipinski definition) is 2. The van der Waals surface area contributed by atoms with Crippen LogP contribution in [0.3, 0.4) is 0 Å². The second-order valence-electron chi connectivity index (χ2n) is 4.94. The third kappa shape index (κ3) is 9.14. The molecule has 0 aliphatic carbocycles. The Morgan fingerprint density at radius 3 is 2.08 bits per heavy atom. The van der Waals surface area contributed by atoms with Gasteiger partial charge in [0.2, 0.25) is 0 Å². The van der Waals surface area contributed by atoms with Crippen LogP contribution in [0.15, 0.2) is 0 Å². The molecule has 0 heterocycles. The number of nitrogens with two attached hydrogens (primary N) is 1. The molecule has 0 aliphatic rings. The van der Waals surface area contributed by atoms with Crippen LogP contribution in [0.5, 0.6) is 0 Å². The van der Waals surface area contributed by atoms with Crippen molar-refractivity contribution >= 4 is 6.09 Å². The monoisotopic (exact) mass is 188 g/mol. The van der Waals surface area contributed by atoms with Crippen molar-refractivity contribution in [2.24, 2.45) is 5.73 Å². The number of carbonyl (C=O) groups is 1. The van der Waals surface area contributed by atoms with E-state index in [-0.39, 0.29) is 12.1 Å². The van der Waals surface area contributed by atoms with Crippen LogP contribution in [0.25, 0.3) is 0 Å². The molecule has 0 atom stereocenters. The topological polar surface area (TPSA) is 64.3 Å². The van der Waals surface area contributed by atoms with E-state index in [0.29, 0.717) is 0 Å². The molecule has 0 unspecified atom stereocenters. The predicted molar refractivity (Wildman–Crippen MR) is 52.5 cm³/mol. The van der Waals surface area contributed by atoms with E-state index in [0.717, 1.165) is 0 Å². The number of amides is 1. The van der Waals surface area contributed by atoms with Crippen molar-refractivity contribution < 1.29 is 9.53 Å². The maximum Gasteiger partial charge on any atom is 0.407 e. The fraction of sp³-hybridized carbons (Fsp3) is 0.889. The first-order valence-electron chi connectivity index (χ1n) is 4.34. The van der Waals surface area contributed by atoms with Crippen LogP contribution in [0.4, 0.5) is 4.79 Å². The van der Waals surface area contributed by atoms with E-state index in [1.165, 1.54) is 0 Å². The summed E-state index contributed by atoms with van der Waals surface area (Å²) in [5.41, 5.74) is 4.90. The van der Waals surface area contributed by atoms with Crippen LogP contribution >= 0.6 is 0 Å². The van der Waals surface area contributed by atoms with E-state index in [4.69, 9.17) is 10.5 Å². The van der Waals surface area contributed by atoms with Crippen LogP contribution in [0, 0.1) is 0 Å². The smallest absolute Gasteiger partial charge is 0.407 e. The van der Waals surface area contributed by atoms with E-state index < -0.39 is 11.6 Å². The first-order valence-corrected chi connectivity index (χ1v) is 4.34. The highest BCUT2D eigenvalue weighted by atomic mass is 16.5. The van der Waals surface area contributed by atoms with Crippen molar-refractivity contribution in [2.45, 2.75) is 45.7 Å². The lowest BCUT2D eigenvalue weighted by Gasteiger charge is -2.23. The highest BCUT2D eigenvalue weighted by molar-refractivity contribution is 5.68. The molecule has 0 spiro atoms. The molecule has 13 heavy (non-hydrogen) atoms. The summed E-state index contributed by atoms with van der Waals surface area (Å²) in [6, 6.07) is 0.